The van der Waals surface area contributed by atoms with Crippen molar-refractivity contribution in [3.63, 3.8) is 0 Å². The van der Waals surface area contributed by atoms with E-state index in [1.807, 2.05) is 6.07 Å². The van der Waals surface area contributed by atoms with Gasteiger partial charge in [0, 0.05) is 11.6 Å². The Morgan fingerprint density at radius 3 is 2.43 bits per heavy atom. The molecule has 1 aromatic heterocycles. The molecular formula is C16H13FN2O3S. The number of aryl methyl sites for hydroxylation is 1. The van der Waals surface area contributed by atoms with Gasteiger partial charge < -0.3 is 4.52 Å². The normalized spacial score (nSPS) is 11.4. The van der Waals surface area contributed by atoms with Crippen LogP contribution in [0, 0.1) is 12.7 Å². The summed E-state index contributed by atoms with van der Waals surface area (Å²) < 4.78 is 45.8. The van der Waals surface area contributed by atoms with Crippen molar-refractivity contribution in [1.82, 2.24) is 5.16 Å². The van der Waals surface area contributed by atoms with Crippen LogP contribution in [0.3, 0.4) is 0 Å². The number of benzene rings is 2. The molecule has 1 N–H and O–H groups in total. The predicted molar refractivity (Wildman–Crippen MR) is 83.9 cm³/mol. The Kier molecular flexibility index (Phi) is 3.87. The van der Waals surface area contributed by atoms with Crippen molar-refractivity contribution in [2.24, 2.45) is 0 Å². The highest BCUT2D eigenvalue weighted by Crippen LogP contribution is 2.25. The number of nitrogens with one attached hydrogen (secondary N) is 1. The van der Waals surface area contributed by atoms with Gasteiger partial charge in [0.15, 0.2) is 5.82 Å². The summed E-state index contributed by atoms with van der Waals surface area (Å²) in [5, 5.41) is 3.56. The molecule has 7 heteroatoms. The van der Waals surface area contributed by atoms with Crippen LogP contribution in [0.15, 0.2) is 64.0 Å². The summed E-state index contributed by atoms with van der Waals surface area (Å²) in [5.74, 6) is -0.0984. The highest BCUT2D eigenvalue weighted by molar-refractivity contribution is 7.92. The third-order valence-corrected chi connectivity index (χ3v) is 4.55. The lowest BCUT2D eigenvalue weighted by Crippen LogP contribution is -2.13. The van der Waals surface area contributed by atoms with Crippen LogP contribution in [-0.4, -0.2) is 13.6 Å². The Morgan fingerprint density at radius 1 is 1.09 bits per heavy atom. The minimum Gasteiger partial charge on any atom is -0.360 e. The van der Waals surface area contributed by atoms with E-state index in [-0.39, 0.29) is 10.7 Å². The van der Waals surface area contributed by atoms with Crippen LogP contribution in [0.2, 0.25) is 0 Å². The first-order chi connectivity index (χ1) is 11.0. The zero-order valence-corrected chi connectivity index (χ0v) is 13.0. The molecule has 0 radical (unpaired) electrons. The lowest BCUT2D eigenvalue weighted by atomic mass is 10.1. The van der Waals surface area contributed by atoms with Crippen LogP contribution in [-0.2, 0) is 10.0 Å². The lowest BCUT2D eigenvalue weighted by molar-refractivity contribution is 0.400. The van der Waals surface area contributed by atoms with Crippen LogP contribution >= 0.6 is 0 Å². The molecule has 5 nitrogen and oxygen atoms in total. The lowest BCUT2D eigenvalue weighted by Gasteiger charge is -2.08. The smallest absolute Gasteiger partial charge is 0.263 e. The van der Waals surface area contributed by atoms with E-state index in [1.165, 1.54) is 18.2 Å². The number of aromatic nitrogens is 1. The van der Waals surface area contributed by atoms with E-state index in [9.17, 15) is 12.8 Å². The molecule has 0 atom stereocenters. The molecule has 23 heavy (non-hydrogen) atoms. The number of anilines is 1. The number of nitrogens with zero attached hydrogens (tertiary/aromatic N) is 1. The molecule has 0 aliphatic heterocycles. The first-order valence-corrected chi connectivity index (χ1v) is 8.25. The van der Waals surface area contributed by atoms with Gasteiger partial charge >= 0.3 is 0 Å². The monoisotopic (exact) mass is 332 g/mol. The molecule has 0 spiro atoms. The number of sulfonamides is 1. The Balaban J connectivity index is 1.93. The van der Waals surface area contributed by atoms with Gasteiger partial charge in [-0.2, -0.15) is 0 Å². The van der Waals surface area contributed by atoms with Gasteiger partial charge in [0.2, 0.25) is 0 Å². The third-order valence-electron chi connectivity index (χ3n) is 3.20. The van der Waals surface area contributed by atoms with Crippen molar-refractivity contribution in [2.75, 3.05) is 4.72 Å². The van der Waals surface area contributed by atoms with Crippen LogP contribution in [0.5, 0.6) is 0 Å². The van der Waals surface area contributed by atoms with Crippen molar-refractivity contribution in [3.05, 3.63) is 66.2 Å². The van der Waals surface area contributed by atoms with Crippen LogP contribution in [0.25, 0.3) is 11.1 Å². The molecule has 0 bridgehead atoms. The summed E-state index contributed by atoms with van der Waals surface area (Å²) in [6, 6.07) is 14.1. The Morgan fingerprint density at radius 2 is 1.83 bits per heavy atom. The van der Waals surface area contributed by atoms with Crippen molar-refractivity contribution >= 4 is 15.8 Å². The molecule has 0 aliphatic rings. The predicted octanol–water partition coefficient (Wildman–Crippen LogP) is 3.59. The molecule has 0 amide bonds. The second-order valence-corrected chi connectivity index (χ2v) is 6.62. The minimum absolute atomic E-state index is 0.0510. The average Bonchev–Trinajstić information content (AvgIpc) is 2.92. The van der Waals surface area contributed by atoms with E-state index in [1.54, 1.807) is 31.2 Å². The molecule has 3 aromatic rings. The Labute approximate surface area is 132 Å². The first kappa shape index (κ1) is 15.2. The molecule has 118 valence electrons. The van der Waals surface area contributed by atoms with Crippen molar-refractivity contribution in [1.29, 1.82) is 0 Å². The third kappa shape index (κ3) is 3.24. The fourth-order valence-corrected chi connectivity index (χ4v) is 3.12. The summed E-state index contributed by atoms with van der Waals surface area (Å²) in [6.45, 7) is 1.64. The summed E-state index contributed by atoms with van der Waals surface area (Å²) >= 11 is 0. The van der Waals surface area contributed by atoms with Gasteiger partial charge in [-0.25, -0.2) is 12.8 Å². The van der Waals surface area contributed by atoms with E-state index in [2.05, 4.69) is 9.88 Å². The molecule has 1 heterocycles. The van der Waals surface area contributed by atoms with Gasteiger partial charge in [-0.1, -0.05) is 41.6 Å². The maximum atomic E-state index is 14.3. The van der Waals surface area contributed by atoms with E-state index < -0.39 is 15.8 Å². The highest BCUT2D eigenvalue weighted by atomic mass is 32.2. The van der Waals surface area contributed by atoms with E-state index in [0.717, 1.165) is 6.07 Å². The summed E-state index contributed by atoms with van der Waals surface area (Å²) in [5.41, 5.74) is 1.01. The average molecular weight is 332 g/mol. The largest absolute Gasteiger partial charge is 0.360 e. The molecule has 0 saturated heterocycles. The van der Waals surface area contributed by atoms with Crippen molar-refractivity contribution < 1.29 is 17.3 Å². The van der Waals surface area contributed by atoms with Gasteiger partial charge in [0.25, 0.3) is 10.0 Å². The number of hydrogen-bond donors (Lipinski definition) is 1. The van der Waals surface area contributed by atoms with Crippen LogP contribution in [0.1, 0.15) is 5.76 Å². The first-order valence-electron chi connectivity index (χ1n) is 6.77. The molecule has 0 saturated carbocycles. The van der Waals surface area contributed by atoms with Crippen molar-refractivity contribution in [2.45, 2.75) is 11.8 Å². The number of rotatable bonds is 4. The van der Waals surface area contributed by atoms with Crippen LogP contribution < -0.4 is 4.72 Å². The fourth-order valence-electron chi connectivity index (χ4n) is 2.13. The van der Waals surface area contributed by atoms with E-state index >= 15 is 0 Å². The van der Waals surface area contributed by atoms with Gasteiger partial charge in [-0.15, -0.1) is 0 Å². The molecule has 0 aliphatic carbocycles. The molecular weight excluding hydrogens is 319 g/mol. The summed E-state index contributed by atoms with van der Waals surface area (Å²) in [6.07, 6.45) is 0. The van der Waals surface area contributed by atoms with Gasteiger partial charge in [-0.05, 0) is 24.6 Å². The van der Waals surface area contributed by atoms with Gasteiger partial charge in [0.05, 0.1) is 4.90 Å². The second-order valence-electron chi connectivity index (χ2n) is 4.94. The Bertz CT molecular complexity index is 937. The van der Waals surface area contributed by atoms with Crippen molar-refractivity contribution in [3.8, 4) is 11.1 Å². The highest BCUT2D eigenvalue weighted by Gasteiger charge is 2.18. The topological polar surface area (TPSA) is 72.2 Å². The second kappa shape index (κ2) is 5.85. The maximum Gasteiger partial charge on any atom is 0.263 e. The maximum absolute atomic E-state index is 14.3. The SMILES string of the molecule is Cc1cc(NS(=O)(=O)c2ccc(-c3ccccc3)c(F)c2)no1. The summed E-state index contributed by atoms with van der Waals surface area (Å²) in [4.78, 5) is -0.185. The molecule has 3 rings (SSSR count). The molecule has 2 aromatic carbocycles. The Hall–Kier alpha value is -2.67. The molecule has 0 unspecified atom stereocenters. The fraction of sp³-hybridized carbons (Fsp3) is 0.0625. The zero-order chi connectivity index (χ0) is 16.4. The van der Waals surface area contributed by atoms with Gasteiger partial charge in [-0.3, -0.25) is 4.72 Å². The molecule has 0 fully saturated rings. The quantitative estimate of drug-likeness (QED) is 0.792. The number of hydrogen-bond acceptors (Lipinski definition) is 4. The van der Waals surface area contributed by atoms with Gasteiger partial charge in [0.1, 0.15) is 11.6 Å². The minimum atomic E-state index is -3.93. The zero-order valence-electron chi connectivity index (χ0n) is 12.2. The van der Waals surface area contributed by atoms with Crippen LogP contribution in [0.4, 0.5) is 10.2 Å². The summed E-state index contributed by atoms with van der Waals surface area (Å²) in [7, 11) is -3.93. The number of halogens is 1. The standard InChI is InChI=1S/C16H13FN2O3S/c1-11-9-16(18-22-11)19-23(20,21)13-7-8-14(15(17)10-13)12-5-3-2-4-6-12/h2-10H,1H3,(H,18,19). The van der Waals surface area contributed by atoms with E-state index in [0.29, 0.717) is 16.9 Å². The van der Waals surface area contributed by atoms with E-state index in [4.69, 9.17) is 4.52 Å².